The van der Waals surface area contributed by atoms with Crippen LogP contribution in [0.2, 0.25) is 0 Å². The van der Waals surface area contributed by atoms with Gasteiger partial charge in [0.1, 0.15) is 17.8 Å². The lowest BCUT2D eigenvalue weighted by Crippen LogP contribution is -2.38. The summed E-state index contributed by atoms with van der Waals surface area (Å²) in [5, 5.41) is 19.5. The molecule has 0 spiro atoms. The minimum absolute atomic E-state index is 0.00842. The van der Waals surface area contributed by atoms with Gasteiger partial charge in [-0.1, -0.05) is 0 Å². The number of ketones is 1. The molecule has 2 aromatic heterocycles. The molecule has 16 nitrogen and oxygen atoms in total. The van der Waals surface area contributed by atoms with Gasteiger partial charge < -0.3 is 19.4 Å². The maximum absolute atomic E-state index is 12.8. The predicted molar refractivity (Wildman–Crippen MR) is 127 cm³/mol. The molecule has 1 aromatic carbocycles. The van der Waals surface area contributed by atoms with E-state index in [1.54, 1.807) is 0 Å². The van der Waals surface area contributed by atoms with E-state index in [2.05, 4.69) is 9.82 Å². The molecule has 0 radical (unpaired) electrons. The van der Waals surface area contributed by atoms with Crippen molar-refractivity contribution in [2.24, 2.45) is 14.1 Å². The number of nitrogens with zero attached hydrogens (tertiary/aromatic N) is 5. The van der Waals surface area contributed by atoms with Crippen molar-refractivity contribution < 1.29 is 38.9 Å². The zero-order valence-electron chi connectivity index (χ0n) is 20.3. The van der Waals surface area contributed by atoms with Gasteiger partial charge in [0, 0.05) is 38.2 Å². The van der Waals surface area contributed by atoms with Gasteiger partial charge in [-0.15, -0.1) is 10.1 Å². The summed E-state index contributed by atoms with van der Waals surface area (Å²) in [5.74, 6) is -3.84. The minimum Gasteiger partial charge on any atom is -0.503 e. The van der Waals surface area contributed by atoms with Crippen LogP contribution in [0.4, 0.5) is 0 Å². The summed E-state index contributed by atoms with van der Waals surface area (Å²) >= 11 is 0. The highest BCUT2D eigenvalue weighted by Gasteiger charge is 2.22. The third-order valence-corrected chi connectivity index (χ3v) is 5.21. The number of esters is 1. The van der Waals surface area contributed by atoms with Crippen LogP contribution >= 0.6 is 0 Å². The first-order valence-electron chi connectivity index (χ1n) is 10.7. The Bertz CT molecular complexity index is 1600. The fourth-order valence-electron chi connectivity index (χ4n) is 3.32. The fraction of sp³-hybridized carbons (Fsp3) is 0.273. The molecule has 0 bridgehead atoms. The van der Waals surface area contributed by atoms with Gasteiger partial charge >= 0.3 is 11.7 Å². The van der Waals surface area contributed by atoms with Crippen LogP contribution in [0, 0.1) is 10.1 Å². The molecule has 1 N–H and O–H groups in total. The fourth-order valence-corrected chi connectivity index (χ4v) is 3.32. The molecule has 38 heavy (non-hydrogen) atoms. The van der Waals surface area contributed by atoms with Gasteiger partial charge in [-0.05, 0) is 18.6 Å². The van der Waals surface area contributed by atoms with Gasteiger partial charge in [-0.3, -0.25) is 32.9 Å². The smallest absolute Gasteiger partial charge is 0.332 e. The number of aryl methyl sites for hydroxylation is 1. The third kappa shape index (κ3) is 5.75. The van der Waals surface area contributed by atoms with E-state index in [0.717, 1.165) is 21.5 Å². The lowest BCUT2D eigenvalue weighted by molar-refractivity contribution is -0.757. The van der Waals surface area contributed by atoms with E-state index in [1.807, 2.05) is 0 Å². The molecule has 2 heterocycles. The molecule has 0 aliphatic heterocycles. The SMILES string of the molecule is COc1cc(OC(=O)CCCO[N+](=O)[O-])cc(C(=O)/C=C(/O)C(=O)n2cnc3c2c(=O)n(C)c(=O)n3C)c1. The number of fused-ring (bicyclic) bond motifs is 1. The Balaban J connectivity index is 1.85. The summed E-state index contributed by atoms with van der Waals surface area (Å²) in [5.41, 5.74) is -2.02. The average Bonchev–Trinajstić information content (AvgIpc) is 3.33. The topological polar surface area (TPSA) is 204 Å². The standard InChI is InChI=1S/C22H21N5O11/c1-24-19-18(21(32)25(2)22(24)33)26(11-23-19)20(31)16(29)10-15(28)12-7-13(36-3)9-14(8-12)38-17(30)5-4-6-37-27(34)35/h7-11,29H,4-6H2,1-3H3/b16-10+. The van der Waals surface area contributed by atoms with E-state index in [1.165, 1.54) is 33.3 Å². The quantitative estimate of drug-likeness (QED) is 0.0548. The van der Waals surface area contributed by atoms with Crippen molar-refractivity contribution in [1.29, 1.82) is 0 Å². The van der Waals surface area contributed by atoms with Crippen LogP contribution in [0.3, 0.4) is 0 Å². The lowest BCUT2D eigenvalue weighted by atomic mass is 10.1. The predicted octanol–water partition coefficient (Wildman–Crippen LogP) is 0.301. The molecule has 3 aromatic rings. The van der Waals surface area contributed by atoms with E-state index in [0.29, 0.717) is 10.6 Å². The first-order chi connectivity index (χ1) is 17.9. The van der Waals surface area contributed by atoms with Crippen molar-refractivity contribution in [3.8, 4) is 11.5 Å². The largest absolute Gasteiger partial charge is 0.503 e. The number of imidazole rings is 1. The second-order valence-electron chi connectivity index (χ2n) is 7.72. The van der Waals surface area contributed by atoms with Crippen LogP contribution in [0.15, 0.2) is 46.0 Å². The Kier molecular flexibility index (Phi) is 8.04. The van der Waals surface area contributed by atoms with Gasteiger partial charge in [-0.2, -0.15) is 0 Å². The molecular formula is C22H21N5O11. The van der Waals surface area contributed by atoms with Crippen LogP contribution in [-0.4, -0.2) is 60.3 Å². The number of aliphatic hydroxyl groups is 1. The van der Waals surface area contributed by atoms with Crippen LogP contribution in [-0.2, 0) is 23.7 Å². The van der Waals surface area contributed by atoms with Crippen molar-refractivity contribution in [2.45, 2.75) is 12.8 Å². The molecular weight excluding hydrogens is 510 g/mol. The van der Waals surface area contributed by atoms with Crippen LogP contribution in [0.1, 0.15) is 28.0 Å². The number of methoxy groups -OCH3 is 1. The monoisotopic (exact) mass is 531 g/mol. The number of aliphatic hydroxyl groups excluding tert-OH is 1. The van der Waals surface area contributed by atoms with Crippen molar-refractivity contribution in [3.05, 3.63) is 72.9 Å². The van der Waals surface area contributed by atoms with E-state index < -0.39 is 39.8 Å². The molecule has 200 valence electrons. The highest BCUT2D eigenvalue weighted by atomic mass is 16.9. The van der Waals surface area contributed by atoms with Crippen molar-refractivity contribution >= 4 is 28.8 Å². The second-order valence-corrected chi connectivity index (χ2v) is 7.72. The van der Waals surface area contributed by atoms with Gasteiger partial charge in [0.05, 0.1) is 13.7 Å². The molecule has 3 rings (SSSR count). The van der Waals surface area contributed by atoms with Crippen molar-refractivity contribution in [2.75, 3.05) is 13.7 Å². The number of hydrogen-bond acceptors (Lipinski definition) is 12. The maximum atomic E-state index is 12.8. The molecule has 0 unspecified atom stereocenters. The Labute approximate surface area is 212 Å². The Morgan fingerprint density at radius 2 is 1.82 bits per heavy atom. The number of carbonyl (C=O) groups is 3. The van der Waals surface area contributed by atoms with Crippen LogP contribution < -0.4 is 20.7 Å². The van der Waals surface area contributed by atoms with Crippen molar-refractivity contribution in [3.63, 3.8) is 0 Å². The van der Waals surface area contributed by atoms with E-state index in [-0.39, 0.29) is 47.7 Å². The minimum atomic E-state index is -1.16. The lowest BCUT2D eigenvalue weighted by Gasteiger charge is -2.09. The molecule has 0 aliphatic rings. The number of aromatic nitrogens is 4. The molecule has 16 heteroatoms. The van der Waals surface area contributed by atoms with Gasteiger partial charge in [0.25, 0.3) is 16.6 Å². The van der Waals surface area contributed by atoms with Crippen LogP contribution in [0.25, 0.3) is 11.2 Å². The summed E-state index contributed by atoms with van der Waals surface area (Å²) in [7, 11) is 3.84. The number of hydrogen-bond donors (Lipinski definition) is 1. The zero-order valence-corrected chi connectivity index (χ0v) is 20.3. The van der Waals surface area contributed by atoms with Crippen molar-refractivity contribution in [1.82, 2.24) is 18.7 Å². The Morgan fingerprint density at radius 3 is 2.47 bits per heavy atom. The first-order valence-corrected chi connectivity index (χ1v) is 10.7. The highest BCUT2D eigenvalue weighted by Crippen LogP contribution is 2.24. The van der Waals surface area contributed by atoms with E-state index in [4.69, 9.17) is 9.47 Å². The van der Waals surface area contributed by atoms with Crippen LogP contribution in [0.5, 0.6) is 11.5 Å². The summed E-state index contributed by atoms with van der Waals surface area (Å²) in [6, 6.07) is 3.72. The van der Waals surface area contributed by atoms with Gasteiger partial charge in [0.15, 0.2) is 22.7 Å². The normalized spacial score (nSPS) is 11.3. The molecule has 0 saturated carbocycles. The number of rotatable bonds is 10. The number of allylic oxidation sites excluding steroid dienone is 2. The molecule has 0 amide bonds. The van der Waals surface area contributed by atoms with E-state index >= 15 is 0 Å². The second kappa shape index (κ2) is 11.2. The third-order valence-electron chi connectivity index (χ3n) is 5.21. The van der Waals surface area contributed by atoms with Gasteiger partial charge in [0.2, 0.25) is 0 Å². The Morgan fingerprint density at radius 1 is 1.13 bits per heavy atom. The summed E-state index contributed by atoms with van der Waals surface area (Å²) < 4.78 is 12.7. The highest BCUT2D eigenvalue weighted by molar-refractivity contribution is 6.10. The zero-order chi connectivity index (χ0) is 28.1. The van der Waals surface area contributed by atoms with E-state index in [9.17, 15) is 39.2 Å². The first kappa shape index (κ1) is 27.3. The summed E-state index contributed by atoms with van der Waals surface area (Å²) in [4.78, 5) is 80.4. The summed E-state index contributed by atoms with van der Waals surface area (Å²) in [6.07, 6.45) is 1.32. The molecule has 0 saturated heterocycles. The number of carbonyl (C=O) groups excluding carboxylic acids is 3. The summed E-state index contributed by atoms with van der Waals surface area (Å²) in [6.45, 7) is -0.309. The number of benzene rings is 1. The van der Waals surface area contributed by atoms with Gasteiger partial charge in [-0.25, -0.2) is 9.78 Å². The Hall–Kier alpha value is -5.28. The number of ether oxygens (including phenoxy) is 2. The maximum Gasteiger partial charge on any atom is 0.332 e. The molecule has 0 aliphatic carbocycles. The average molecular weight is 531 g/mol. The molecule has 0 atom stereocenters. The molecule has 0 fully saturated rings.